The number of allylic oxidation sites excluding steroid dienone is 1. The molecule has 1 aromatic carbocycles. The summed E-state index contributed by atoms with van der Waals surface area (Å²) in [4.78, 5) is 0. The smallest absolute Gasteiger partial charge is 0.130 e. The summed E-state index contributed by atoms with van der Waals surface area (Å²) in [5.41, 5.74) is 5.60. The van der Waals surface area contributed by atoms with E-state index in [1.54, 1.807) is 6.08 Å². The molecular formula is C9H8F2IN. The van der Waals surface area contributed by atoms with Crippen molar-refractivity contribution in [3.05, 3.63) is 47.7 Å². The Balaban J connectivity index is 3.01. The molecule has 1 nitrogen and oxygen atoms in total. The van der Waals surface area contributed by atoms with Crippen LogP contribution < -0.4 is 5.73 Å². The van der Waals surface area contributed by atoms with E-state index in [1.807, 2.05) is 22.6 Å². The zero-order valence-corrected chi connectivity index (χ0v) is 8.83. The zero-order valence-electron chi connectivity index (χ0n) is 6.68. The second-order valence-electron chi connectivity index (χ2n) is 2.45. The lowest BCUT2D eigenvalue weighted by molar-refractivity contribution is 0.575. The number of nitrogens with two attached hydrogens (primary N) is 1. The minimum absolute atomic E-state index is 0.164. The lowest BCUT2D eigenvalue weighted by Crippen LogP contribution is -1.93. The number of rotatable bonds is 2. The fourth-order valence-corrected chi connectivity index (χ4v) is 1.67. The summed E-state index contributed by atoms with van der Waals surface area (Å²) >= 11 is 2.02. The average Bonchev–Trinajstić information content (AvgIpc) is 2.04. The molecule has 0 aliphatic carbocycles. The van der Waals surface area contributed by atoms with Crippen LogP contribution in [0.3, 0.4) is 0 Å². The van der Waals surface area contributed by atoms with E-state index in [9.17, 15) is 8.78 Å². The third-order valence-corrected chi connectivity index (χ3v) is 2.63. The number of hydrogen-bond acceptors (Lipinski definition) is 1. The molecule has 70 valence electrons. The van der Waals surface area contributed by atoms with Crippen molar-refractivity contribution < 1.29 is 8.78 Å². The van der Waals surface area contributed by atoms with Crippen LogP contribution in [-0.2, 0) is 0 Å². The highest BCUT2D eigenvalue weighted by Crippen LogP contribution is 2.27. The van der Waals surface area contributed by atoms with E-state index >= 15 is 0 Å². The van der Waals surface area contributed by atoms with Crippen molar-refractivity contribution in [2.24, 2.45) is 5.73 Å². The molecule has 0 heterocycles. The van der Waals surface area contributed by atoms with Crippen LogP contribution in [-0.4, -0.2) is 0 Å². The molecule has 0 aromatic heterocycles. The van der Waals surface area contributed by atoms with E-state index < -0.39 is 11.6 Å². The van der Waals surface area contributed by atoms with Crippen LogP contribution in [0.25, 0.3) is 0 Å². The molecule has 0 amide bonds. The maximum atomic E-state index is 13.1. The molecule has 1 unspecified atom stereocenters. The predicted octanol–water partition coefficient (Wildman–Crippen LogP) is 2.91. The number of halogens is 3. The SMILES string of the molecule is N/C=C\C(I)c1ccc(F)cc1F. The molecule has 0 spiro atoms. The Hall–Kier alpha value is -0.650. The van der Waals surface area contributed by atoms with Crippen LogP contribution >= 0.6 is 22.6 Å². The third-order valence-electron chi connectivity index (χ3n) is 1.54. The first-order valence-electron chi connectivity index (χ1n) is 3.62. The van der Waals surface area contributed by atoms with Crippen LogP contribution in [0.15, 0.2) is 30.5 Å². The standard InChI is InChI=1S/C9H8F2IN/c10-6-1-2-7(8(11)5-6)9(12)3-4-13/h1-5,9H,13H2/b4-3-. The molecule has 0 fully saturated rings. The largest absolute Gasteiger partial charge is 0.405 e. The fourth-order valence-electron chi connectivity index (χ4n) is 0.926. The van der Waals surface area contributed by atoms with Crippen molar-refractivity contribution in [1.29, 1.82) is 0 Å². The molecule has 0 bridgehead atoms. The lowest BCUT2D eigenvalue weighted by atomic mass is 10.1. The van der Waals surface area contributed by atoms with Crippen molar-refractivity contribution in [2.45, 2.75) is 3.92 Å². The third kappa shape index (κ3) is 2.65. The van der Waals surface area contributed by atoms with Crippen molar-refractivity contribution in [1.82, 2.24) is 0 Å². The van der Waals surface area contributed by atoms with Gasteiger partial charge in [-0.1, -0.05) is 34.7 Å². The van der Waals surface area contributed by atoms with E-state index in [0.717, 1.165) is 6.07 Å². The molecule has 0 aliphatic heterocycles. The highest BCUT2D eigenvalue weighted by Gasteiger charge is 2.09. The van der Waals surface area contributed by atoms with Crippen molar-refractivity contribution in [3.63, 3.8) is 0 Å². The van der Waals surface area contributed by atoms with Gasteiger partial charge >= 0.3 is 0 Å². The Labute approximate surface area is 88.8 Å². The van der Waals surface area contributed by atoms with Gasteiger partial charge < -0.3 is 5.73 Å². The van der Waals surface area contributed by atoms with Crippen LogP contribution in [0.2, 0.25) is 0 Å². The van der Waals surface area contributed by atoms with E-state index in [-0.39, 0.29) is 3.92 Å². The molecule has 0 aliphatic rings. The van der Waals surface area contributed by atoms with E-state index in [0.29, 0.717) is 5.56 Å². The average molecular weight is 295 g/mol. The van der Waals surface area contributed by atoms with Crippen LogP contribution in [0.1, 0.15) is 9.49 Å². The Kier molecular flexibility index (Phi) is 3.65. The van der Waals surface area contributed by atoms with Gasteiger partial charge in [0.1, 0.15) is 11.6 Å². The summed E-state index contributed by atoms with van der Waals surface area (Å²) in [6, 6.07) is 3.52. The molecule has 1 rings (SSSR count). The summed E-state index contributed by atoms with van der Waals surface area (Å²) in [5, 5.41) is 0. The summed E-state index contributed by atoms with van der Waals surface area (Å²) in [5.74, 6) is -1.11. The Morgan fingerprint density at radius 3 is 2.62 bits per heavy atom. The van der Waals surface area contributed by atoms with Gasteiger partial charge in [-0.05, 0) is 12.3 Å². The zero-order chi connectivity index (χ0) is 9.84. The second kappa shape index (κ2) is 4.55. The molecular weight excluding hydrogens is 287 g/mol. The highest BCUT2D eigenvalue weighted by molar-refractivity contribution is 14.1. The van der Waals surface area contributed by atoms with Gasteiger partial charge in [-0.2, -0.15) is 0 Å². The normalized spacial score (nSPS) is 13.5. The van der Waals surface area contributed by atoms with Gasteiger partial charge in [0.25, 0.3) is 0 Å². The first kappa shape index (κ1) is 10.4. The predicted molar refractivity (Wildman–Crippen MR) is 56.4 cm³/mol. The molecule has 1 aromatic rings. The Morgan fingerprint density at radius 1 is 1.38 bits per heavy atom. The number of benzene rings is 1. The highest BCUT2D eigenvalue weighted by atomic mass is 127. The topological polar surface area (TPSA) is 26.0 Å². The van der Waals surface area contributed by atoms with Crippen LogP contribution in [0.4, 0.5) is 8.78 Å². The summed E-state index contributed by atoms with van der Waals surface area (Å²) in [7, 11) is 0. The van der Waals surface area contributed by atoms with E-state index in [1.165, 1.54) is 18.3 Å². The van der Waals surface area contributed by atoms with Gasteiger partial charge in [-0.15, -0.1) is 0 Å². The van der Waals surface area contributed by atoms with Gasteiger partial charge in [0.2, 0.25) is 0 Å². The molecule has 0 saturated carbocycles. The monoisotopic (exact) mass is 295 g/mol. The Bertz CT molecular complexity index is 325. The van der Waals surface area contributed by atoms with Crippen molar-refractivity contribution >= 4 is 22.6 Å². The first-order chi connectivity index (χ1) is 6.15. The van der Waals surface area contributed by atoms with Crippen molar-refractivity contribution in [2.75, 3.05) is 0 Å². The van der Waals surface area contributed by atoms with Gasteiger partial charge in [0, 0.05) is 11.6 Å². The summed E-state index contributed by atoms with van der Waals surface area (Å²) in [6.45, 7) is 0. The Morgan fingerprint density at radius 2 is 2.08 bits per heavy atom. The second-order valence-corrected chi connectivity index (χ2v) is 3.79. The minimum Gasteiger partial charge on any atom is -0.405 e. The van der Waals surface area contributed by atoms with Gasteiger partial charge in [0.15, 0.2) is 0 Å². The minimum atomic E-state index is -0.568. The molecule has 13 heavy (non-hydrogen) atoms. The fraction of sp³-hybridized carbons (Fsp3) is 0.111. The van der Waals surface area contributed by atoms with E-state index in [4.69, 9.17) is 5.73 Å². The molecule has 0 saturated heterocycles. The molecule has 2 N–H and O–H groups in total. The maximum Gasteiger partial charge on any atom is 0.130 e. The molecule has 1 atom stereocenters. The quantitative estimate of drug-likeness (QED) is 0.659. The first-order valence-corrected chi connectivity index (χ1v) is 4.87. The molecule has 0 radical (unpaired) electrons. The summed E-state index contributed by atoms with van der Waals surface area (Å²) < 4.78 is 25.5. The van der Waals surface area contributed by atoms with Gasteiger partial charge in [-0.25, -0.2) is 8.78 Å². The lowest BCUT2D eigenvalue weighted by Gasteiger charge is -2.05. The van der Waals surface area contributed by atoms with E-state index in [2.05, 4.69) is 0 Å². The number of alkyl halides is 1. The van der Waals surface area contributed by atoms with Crippen molar-refractivity contribution in [3.8, 4) is 0 Å². The van der Waals surface area contributed by atoms with Crippen LogP contribution in [0.5, 0.6) is 0 Å². The maximum absolute atomic E-state index is 13.1. The van der Waals surface area contributed by atoms with Gasteiger partial charge in [-0.3, -0.25) is 0 Å². The van der Waals surface area contributed by atoms with Crippen LogP contribution in [0, 0.1) is 11.6 Å². The summed E-state index contributed by atoms with van der Waals surface area (Å²) in [6.07, 6.45) is 2.98. The molecule has 4 heteroatoms. The number of hydrogen-bond donors (Lipinski definition) is 1. The van der Waals surface area contributed by atoms with Gasteiger partial charge in [0.05, 0.1) is 3.92 Å².